The molecular formula is C29H28ClN5O3S. The minimum atomic E-state index is -0.678. The molecule has 5 rings (SSSR count). The third kappa shape index (κ3) is 4.84. The Bertz CT molecular complexity index is 1770. The van der Waals surface area contributed by atoms with Gasteiger partial charge in [-0.1, -0.05) is 53.3 Å². The molecule has 4 aromatic rings. The first-order valence-corrected chi connectivity index (χ1v) is 13.7. The Hall–Kier alpha value is -3.95. The molecule has 0 saturated carbocycles. The van der Waals surface area contributed by atoms with Crippen LogP contribution in [0.2, 0.25) is 5.15 Å². The fraction of sp³-hybridized carbons (Fsp3) is 0.241. The number of aromatic nitrogens is 3. The summed E-state index contributed by atoms with van der Waals surface area (Å²) >= 11 is 8.00. The largest absolute Gasteiger partial charge is 0.463 e. The van der Waals surface area contributed by atoms with E-state index in [9.17, 15) is 9.59 Å². The van der Waals surface area contributed by atoms with Crippen LogP contribution in [0.5, 0.6) is 0 Å². The zero-order valence-electron chi connectivity index (χ0n) is 22.3. The Labute approximate surface area is 234 Å². The molecule has 2 aromatic heterocycles. The third-order valence-electron chi connectivity index (χ3n) is 6.57. The van der Waals surface area contributed by atoms with Gasteiger partial charge in [0.2, 0.25) is 0 Å². The van der Waals surface area contributed by atoms with E-state index in [2.05, 4.69) is 10.1 Å². The van der Waals surface area contributed by atoms with E-state index in [0.29, 0.717) is 37.0 Å². The topological polar surface area (TPSA) is 81.7 Å². The van der Waals surface area contributed by atoms with E-state index in [4.69, 9.17) is 16.3 Å². The monoisotopic (exact) mass is 561 g/mol. The van der Waals surface area contributed by atoms with Crippen LogP contribution in [0.15, 0.2) is 75.7 Å². The molecule has 200 valence electrons. The van der Waals surface area contributed by atoms with Gasteiger partial charge < -0.3 is 9.64 Å². The number of esters is 1. The second-order valence-electron chi connectivity index (χ2n) is 9.33. The van der Waals surface area contributed by atoms with E-state index in [-0.39, 0.29) is 12.2 Å². The van der Waals surface area contributed by atoms with Crippen LogP contribution in [0.3, 0.4) is 0 Å². The minimum Gasteiger partial charge on any atom is -0.463 e. The van der Waals surface area contributed by atoms with Gasteiger partial charge in [-0.3, -0.25) is 9.36 Å². The van der Waals surface area contributed by atoms with Crippen molar-refractivity contribution in [2.75, 3.05) is 25.6 Å². The molecule has 0 fully saturated rings. The number of benzene rings is 2. The SMILES string of the molecule is CCOC(=O)C1=C(C)N=c2s/c(=C\c3c(C)nn(-c4ccccc4)c3Cl)c(=O)n2C1c1ccc(N(C)C)cc1. The van der Waals surface area contributed by atoms with E-state index in [0.717, 1.165) is 16.9 Å². The Kier molecular flexibility index (Phi) is 7.29. The number of hydrogen-bond acceptors (Lipinski definition) is 7. The van der Waals surface area contributed by atoms with Crippen LogP contribution in [-0.4, -0.2) is 41.0 Å². The highest BCUT2D eigenvalue weighted by Crippen LogP contribution is 2.32. The van der Waals surface area contributed by atoms with Crippen molar-refractivity contribution in [2.45, 2.75) is 26.8 Å². The first kappa shape index (κ1) is 26.6. The smallest absolute Gasteiger partial charge is 0.338 e. The second kappa shape index (κ2) is 10.7. The van der Waals surface area contributed by atoms with Crippen LogP contribution in [0.25, 0.3) is 11.8 Å². The molecule has 0 aliphatic carbocycles. The molecule has 0 radical (unpaired) electrons. The zero-order valence-corrected chi connectivity index (χ0v) is 23.9. The molecule has 0 amide bonds. The average molecular weight is 562 g/mol. The Balaban J connectivity index is 1.69. The number of carbonyl (C=O) groups excluding carboxylic acids is 1. The number of nitrogens with zero attached hydrogens (tertiary/aromatic N) is 5. The van der Waals surface area contributed by atoms with Crippen LogP contribution < -0.4 is 19.8 Å². The summed E-state index contributed by atoms with van der Waals surface area (Å²) in [5.41, 5.74) is 4.56. The maximum Gasteiger partial charge on any atom is 0.338 e. The summed E-state index contributed by atoms with van der Waals surface area (Å²) < 4.78 is 9.05. The number of fused-ring (bicyclic) bond motifs is 1. The van der Waals surface area contributed by atoms with Crippen molar-refractivity contribution in [3.05, 3.63) is 108 Å². The quantitative estimate of drug-likeness (QED) is 0.332. The van der Waals surface area contributed by atoms with Gasteiger partial charge in [0.1, 0.15) is 5.15 Å². The normalized spacial score (nSPS) is 15.2. The van der Waals surface area contributed by atoms with E-state index in [1.165, 1.54) is 11.3 Å². The molecule has 1 unspecified atom stereocenters. The van der Waals surface area contributed by atoms with Crippen LogP contribution in [0, 0.1) is 6.92 Å². The minimum absolute atomic E-state index is 0.218. The number of rotatable bonds is 6. The van der Waals surface area contributed by atoms with Gasteiger partial charge in [-0.2, -0.15) is 5.10 Å². The summed E-state index contributed by atoms with van der Waals surface area (Å²) in [6.07, 6.45) is 1.75. The highest BCUT2D eigenvalue weighted by Gasteiger charge is 2.33. The van der Waals surface area contributed by atoms with Gasteiger partial charge in [-0.15, -0.1) is 0 Å². The lowest BCUT2D eigenvalue weighted by Gasteiger charge is -2.25. The lowest BCUT2D eigenvalue weighted by molar-refractivity contribution is -0.139. The molecular weight excluding hydrogens is 534 g/mol. The molecule has 10 heteroatoms. The lowest BCUT2D eigenvalue weighted by atomic mass is 9.95. The van der Waals surface area contributed by atoms with E-state index >= 15 is 0 Å². The van der Waals surface area contributed by atoms with E-state index < -0.39 is 12.0 Å². The number of allylic oxidation sites excluding steroid dienone is 1. The highest BCUT2D eigenvalue weighted by atomic mass is 35.5. The van der Waals surface area contributed by atoms with Gasteiger partial charge in [0.05, 0.1) is 39.8 Å². The van der Waals surface area contributed by atoms with Gasteiger partial charge in [0, 0.05) is 25.3 Å². The van der Waals surface area contributed by atoms with Crippen LogP contribution >= 0.6 is 22.9 Å². The summed E-state index contributed by atoms with van der Waals surface area (Å²) in [4.78, 5) is 34.2. The average Bonchev–Trinajstić information content (AvgIpc) is 3.38. The van der Waals surface area contributed by atoms with Gasteiger partial charge in [-0.05, 0) is 56.7 Å². The van der Waals surface area contributed by atoms with Crippen molar-refractivity contribution in [2.24, 2.45) is 4.99 Å². The maximum atomic E-state index is 13.9. The van der Waals surface area contributed by atoms with Gasteiger partial charge in [-0.25, -0.2) is 14.5 Å². The second-order valence-corrected chi connectivity index (χ2v) is 10.7. The van der Waals surface area contributed by atoms with Crippen molar-refractivity contribution in [1.82, 2.24) is 14.3 Å². The molecule has 0 bridgehead atoms. The fourth-order valence-electron chi connectivity index (χ4n) is 4.61. The lowest BCUT2D eigenvalue weighted by Crippen LogP contribution is -2.40. The van der Waals surface area contributed by atoms with Crippen LogP contribution in [-0.2, 0) is 9.53 Å². The first-order valence-electron chi connectivity index (χ1n) is 12.5. The predicted octanol–water partition coefficient (Wildman–Crippen LogP) is 4.01. The predicted molar refractivity (Wildman–Crippen MR) is 154 cm³/mol. The summed E-state index contributed by atoms with van der Waals surface area (Å²) in [5.74, 6) is -0.488. The number of hydrogen-bond donors (Lipinski definition) is 0. The Morgan fingerprint density at radius 2 is 1.82 bits per heavy atom. The number of ether oxygens (including phenoxy) is 1. The summed E-state index contributed by atoms with van der Waals surface area (Å²) in [7, 11) is 3.92. The van der Waals surface area contributed by atoms with Gasteiger partial charge in [0.15, 0.2) is 4.80 Å². The van der Waals surface area contributed by atoms with Crippen LogP contribution in [0.1, 0.15) is 36.7 Å². The van der Waals surface area contributed by atoms with Crippen molar-refractivity contribution < 1.29 is 9.53 Å². The van der Waals surface area contributed by atoms with E-state index in [1.807, 2.05) is 80.5 Å². The molecule has 0 spiro atoms. The zero-order chi connectivity index (χ0) is 27.8. The maximum absolute atomic E-state index is 13.9. The number of halogens is 1. The van der Waals surface area contributed by atoms with Crippen molar-refractivity contribution in [1.29, 1.82) is 0 Å². The summed E-state index contributed by atoms with van der Waals surface area (Å²) in [5, 5.41) is 5.00. The Morgan fingerprint density at radius 1 is 1.13 bits per heavy atom. The van der Waals surface area contributed by atoms with Crippen molar-refractivity contribution in [3.63, 3.8) is 0 Å². The molecule has 3 heterocycles. The number of para-hydroxylation sites is 1. The molecule has 0 saturated heterocycles. The molecule has 1 atom stereocenters. The van der Waals surface area contributed by atoms with Crippen molar-refractivity contribution in [3.8, 4) is 5.69 Å². The number of anilines is 1. The molecule has 0 N–H and O–H groups in total. The number of aryl methyl sites for hydroxylation is 1. The molecule has 1 aliphatic heterocycles. The fourth-order valence-corrected chi connectivity index (χ4v) is 5.96. The molecule has 2 aromatic carbocycles. The first-order chi connectivity index (χ1) is 18.7. The standard InChI is InChI=1S/C29H28ClN5O3S/c1-6-38-28(37)24-18(3)31-29-34(25(24)19-12-14-20(15-13-19)33(4)5)27(36)23(39-29)16-22-17(2)32-35(26(22)30)21-10-8-7-9-11-21/h7-16,25H,6H2,1-5H3/b23-16-. The summed E-state index contributed by atoms with van der Waals surface area (Å²) in [6.45, 7) is 5.60. The molecule has 8 nitrogen and oxygen atoms in total. The third-order valence-corrected chi connectivity index (χ3v) is 7.91. The molecule has 39 heavy (non-hydrogen) atoms. The Morgan fingerprint density at radius 3 is 2.46 bits per heavy atom. The van der Waals surface area contributed by atoms with Crippen molar-refractivity contribution >= 4 is 40.7 Å². The molecule has 1 aliphatic rings. The van der Waals surface area contributed by atoms with E-state index in [1.54, 1.807) is 29.2 Å². The van der Waals surface area contributed by atoms with Crippen LogP contribution in [0.4, 0.5) is 5.69 Å². The number of thiazole rings is 1. The summed E-state index contributed by atoms with van der Waals surface area (Å²) in [6, 6.07) is 16.7. The van der Waals surface area contributed by atoms with Gasteiger partial charge >= 0.3 is 5.97 Å². The highest BCUT2D eigenvalue weighted by molar-refractivity contribution is 7.07. The van der Waals surface area contributed by atoms with Gasteiger partial charge in [0.25, 0.3) is 5.56 Å². The number of carbonyl (C=O) groups is 1.